The van der Waals surface area contributed by atoms with Gasteiger partial charge in [-0.25, -0.2) is 0 Å². The Hall–Kier alpha value is -1.63. The van der Waals surface area contributed by atoms with Crippen molar-refractivity contribution in [2.24, 2.45) is 0 Å². The van der Waals surface area contributed by atoms with Crippen LogP contribution in [-0.2, 0) is 4.74 Å². The van der Waals surface area contributed by atoms with Gasteiger partial charge in [0.1, 0.15) is 0 Å². The van der Waals surface area contributed by atoms with Crippen molar-refractivity contribution in [1.29, 1.82) is 0 Å². The highest BCUT2D eigenvalue weighted by Crippen LogP contribution is 2.31. The quantitative estimate of drug-likeness (QED) is 0.623. The molecule has 1 atom stereocenters. The Morgan fingerprint density at radius 1 is 1.12 bits per heavy atom. The molecule has 0 radical (unpaired) electrons. The Labute approximate surface area is 149 Å². The van der Waals surface area contributed by atoms with E-state index in [-0.39, 0.29) is 0 Å². The van der Waals surface area contributed by atoms with Crippen LogP contribution in [0.2, 0.25) is 0 Å². The first-order valence-electron chi connectivity index (χ1n) is 8.21. The van der Waals surface area contributed by atoms with Gasteiger partial charge in [0.25, 0.3) is 0 Å². The number of hydrogen-bond donors (Lipinski definition) is 0. The molecule has 2 aromatic heterocycles. The lowest BCUT2D eigenvalue weighted by Crippen LogP contribution is -2.21. The first-order valence-corrected chi connectivity index (χ1v) is 10.1. The van der Waals surface area contributed by atoms with Crippen LogP contribution < -0.4 is 0 Å². The molecule has 3 aromatic rings. The molecule has 4 nitrogen and oxygen atoms in total. The second kappa shape index (κ2) is 7.51. The van der Waals surface area contributed by atoms with Crippen LogP contribution in [0.5, 0.6) is 0 Å². The van der Waals surface area contributed by atoms with Gasteiger partial charge in [0.15, 0.2) is 11.0 Å². The van der Waals surface area contributed by atoms with E-state index in [0.717, 1.165) is 40.3 Å². The fourth-order valence-corrected chi connectivity index (χ4v) is 4.56. The molecule has 0 unspecified atom stereocenters. The fraction of sp³-hybridized carbons (Fsp3) is 0.333. The predicted octanol–water partition coefficient (Wildman–Crippen LogP) is 4.66. The van der Waals surface area contributed by atoms with E-state index >= 15 is 0 Å². The van der Waals surface area contributed by atoms with Crippen LogP contribution in [0.1, 0.15) is 19.3 Å². The van der Waals surface area contributed by atoms with Gasteiger partial charge < -0.3 is 4.74 Å². The van der Waals surface area contributed by atoms with Crippen LogP contribution >= 0.6 is 23.1 Å². The molecule has 0 N–H and O–H groups in total. The van der Waals surface area contributed by atoms with Gasteiger partial charge in [-0.05, 0) is 42.8 Å². The zero-order chi connectivity index (χ0) is 16.2. The normalized spacial score (nSPS) is 17.9. The molecule has 1 aromatic carbocycles. The molecule has 0 aliphatic carbocycles. The number of thioether (sulfide) groups is 1. The van der Waals surface area contributed by atoms with E-state index in [1.165, 1.54) is 12.8 Å². The van der Waals surface area contributed by atoms with Crippen molar-refractivity contribution in [1.82, 2.24) is 14.8 Å². The van der Waals surface area contributed by atoms with Crippen LogP contribution in [-0.4, -0.2) is 33.2 Å². The van der Waals surface area contributed by atoms with Crippen molar-refractivity contribution in [2.45, 2.75) is 30.5 Å². The van der Waals surface area contributed by atoms with E-state index in [0.29, 0.717) is 6.10 Å². The van der Waals surface area contributed by atoms with E-state index in [1.807, 2.05) is 24.3 Å². The second-order valence-electron chi connectivity index (χ2n) is 5.75. The molecule has 0 amide bonds. The van der Waals surface area contributed by atoms with Gasteiger partial charge in [0.05, 0.1) is 11.0 Å². The third-order valence-corrected chi connectivity index (χ3v) is 5.99. The highest BCUT2D eigenvalue weighted by molar-refractivity contribution is 7.99. The summed E-state index contributed by atoms with van der Waals surface area (Å²) >= 11 is 3.42. The van der Waals surface area contributed by atoms with Crippen molar-refractivity contribution in [3.05, 3.63) is 47.8 Å². The van der Waals surface area contributed by atoms with Gasteiger partial charge in [-0.1, -0.05) is 36.0 Å². The zero-order valence-electron chi connectivity index (χ0n) is 13.3. The van der Waals surface area contributed by atoms with Crippen molar-refractivity contribution in [2.75, 3.05) is 12.4 Å². The highest BCUT2D eigenvalue weighted by Gasteiger charge is 2.19. The minimum atomic E-state index is 0.329. The van der Waals surface area contributed by atoms with Gasteiger partial charge in [0.2, 0.25) is 0 Å². The van der Waals surface area contributed by atoms with Gasteiger partial charge in [-0.2, -0.15) is 0 Å². The Kier molecular flexibility index (Phi) is 4.96. The lowest BCUT2D eigenvalue weighted by molar-refractivity contribution is 0.0315. The van der Waals surface area contributed by atoms with Crippen LogP contribution in [0.4, 0.5) is 0 Å². The molecule has 124 valence electrons. The van der Waals surface area contributed by atoms with E-state index < -0.39 is 0 Å². The molecule has 24 heavy (non-hydrogen) atoms. The number of rotatable bonds is 5. The summed E-state index contributed by atoms with van der Waals surface area (Å²) in [5.74, 6) is 1.83. The highest BCUT2D eigenvalue weighted by atomic mass is 32.2. The topological polar surface area (TPSA) is 39.9 Å². The van der Waals surface area contributed by atoms with Gasteiger partial charge in [-0.3, -0.25) is 4.57 Å². The molecular formula is C18H19N3OS2. The summed E-state index contributed by atoms with van der Waals surface area (Å²) < 4.78 is 8.00. The first kappa shape index (κ1) is 15.9. The summed E-state index contributed by atoms with van der Waals surface area (Å²) in [5.41, 5.74) is 1.10. The van der Waals surface area contributed by atoms with Gasteiger partial charge in [0, 0.05) is 18.0 Å². The predicted molar refractivity (Wildman–Crippen MR) is 99.0 cm³/mol. The SMILES string of the molecule is c1ccc(-n2c(SC[C@H]3CCCCO3)nnc2-c2cccs2)cc1. The number of aromatic nitrogens is 3. The maximum absolute atomic E-state index is 5.85. The fourth-order valence-electron chi connectivity index (χ4n) is 2.84. The number of ether oxygens (including phenoxy) is 1. The summed E-state index contributed by atoms with van der Waals surface area (Å²) in [7, 11) is 0. The molecule has 4 rings (SSSR count). The van der Waals surface area contributed by atoms with Crippen LogP contribution in [0.25, 0.3) is 16.4 Å². The van der Waals surface area contributed by atoms with Crippen LogP contribution in [0, 0.1) is 0 Å². The molecule has 0 spiro atoms. The third-order valence-electron chi connectivity index (χ3n) is 4.06. The van der Waals surface area contributed by atoms with Gasteiger partial charge in [-0.15, -0.1) is 21.5 Å². The average Bonchev–Trinajstić information content (AvgIpc) is 3.31. The van der Waals surface area contributed by atoms with Crippen LogP contribution in [0.3, 0.4) is 0 Å². The van der Waals surface area contributed by atoms with E-state index in [1.54, 1.807) is 23.1 Å². The molecule has 3 heterocycles. The summed E-state index contributed by atoms with van der Waals surface area (Å²) in [5, 5.41) is 11.9. The Morgan fingerprint density at radius 2 is 2.04 bits per heavy atom. The number of para-hydroxylation sites is 1. The van der Waals surface area contributed by atoms with E-state index in [4.69, 9.17) is 4.74 Å². The molecule has 1 aliphatic heterocycles. The maximum Gasteiger partial charge on any atom is 0.196 e. The average molecular weight is 358 g/mol. The lowest BCUT2D eigenvalue weighted by atomic mass is 10.1. The largest absolute Gasteiger partial charge is 0.377 e. The monoisotopic (exact) mass is 357 g/mol. The van der Waals surface area contributed by atoms with Crippen molar-refractivity contribution >= 4 is 23.1 Å². The molecule has 6 heteroatoms. The van der Waals surface area contributed by atoms with Crippen molar-refractivity contribution < 1.29 is 4.74 Å². The number of hydrogen-bond acceptors (Lipinski definition) is 5. The Morgan fingerprint density at radius 3 is 2.79 bits per heavy atom. The van der Waals surface area contributed by atoms with E-state index in [2.05, 4.69) is 38.3 Å². The lowest BCUT2D eigenvalue weighted by Gasteiger charge is -2.21. The number of nitrogens with zero attached hydrogens (tertiary/aromatic N) is 3. The van der Waals surface area contributed by atoms with Crippen molar-refractivity contribution in [3.8, 4) is 16.4 Å². The molecular weight excluding hydrogens is 338 g/mol. The standard InChI is InChI=1S/C18H19N3OS2/c1-2-7-14(8-3-1)21-17(16-10-6-12-23-16)19-20-18(21)24-13-15-9-4-5-11-22-15/h1-3,6-8,10,12,15H,4-5,9,11,13H2/t15-/m1/s1. The smallest absolute Gasteiger partial charge is 0.196 e. The zero-order valence-corrected chi connectivity index (χ0v) is 14.9. The summed E-state index contributed by atoms with van der Waals surface area (Å²) in [6.07, 6.45) is 3.92. The molecule has 1 saturated heterocycles. The molecule has 1 fully saturated rings. The van der Waals surface area contributed by atoms with Crippen molar-refractivity contribution in [3.63, 3.8) is 0 Å². The minimum Gasteiger partial charge on any atom is -0.377 e. The van der Waals surface area contributed by atoms with Gasteiger partial charge >= 0.3 is 0 Å². The minimum absolute atomic E-state index is 0.329. The second-order valence-corrected chi connectivity index (χ2v) is 7.69. The van der Waals surface area contributed by atoms with Crippen LogP contribution in [0.15, 0.2) is 53.0 Å². The summed E-state index contributed by atoms with van der Waals surface area (Å²) in [6, 6.07) is 14.5. The number of benzene rings is 1. The molecule has 0 saturated carbocycles. The molecule has 1 aliphatic rings. The number of thiophene rings is 1. The molecule has 0 bridgehead atoms. The Balaban J connectivity index is 1.64. The first-order chi connectivity index (χ1) is 11.9. The van der Waals surface area contributed by atoms with E-state index in [9.17, 15) is 0 Å². The maximum atomic E-state index is 5.85. The summed E-state index contributed by atoms with van der Waals surface area (Å²) in [4.78, 5) is 1.13. The third kappa shape index (κ3) is 3.41. The summed E-state index contributed by atoms with van der Waals surface area (Å²) in [6.45, 7) is 0.886. The Bertz CT molecular complexity index is 765.